The number of nitrogens with two attached hydrogens (primary N) is 1. The number of aromatic nitrogens is 1. The lowest BCUT2D eigenvalue weighted by atomic mass is 10.1. The van der Waals surface area contributed by atoms with E-state index in [9.17, 15) is 4.79 Å². The summed E-state index contributed by atoms with van der Waals surface area (Å²) in [6.07, 6.45) is 0. The van der Waals surface area contributed by atoms with E-state index < -0.39 is 0 Å². The molecule has 0 bridgehead atoms. The van der Waals surface area contributed by atoms with Gasteiger partial charge in [0.25, 0.3) is 5.56 Å². The molecule has 0 aliphatic heterocycles. The molecule has 0 aliphatic carbocycles. The summed E-state index contributed by atoms with van der Waals surface area (Å²) in [6, 6.07) is 19.5. The lowest BCUT2D eigenvalue weighted by molar-refractivity contribution is 0.640. The number of anilines is 1. The maximum Gasteiger partial charge on any atom is 0.274 e. The summed E-state index contributed by atoms with van der Waals surface area (Å²) in [5, 5.41) is 0.979. The molecule has 0 amide bonds. The maximum atomic E-state index is 12.4. The Hall–Kier alpha value is -2.55. The van der Waals surface area contributed by atoms with Crippen LogP contribution in [-0.2, 0) is 0 Å². The third-order valence-corrected chi connectivity index (χ3v) is 3.64. The second-order valence-electron chi connectivity index (χ2n) is 4.92. The molecule has 2 N–H and O–H groups in total. The third kappa shape index (κ3) is 1.97. The zero-order chi connectivity index (χ0) is 14.1. The van der Waals surface area contributed by atoms with Crippen LogP contribution in [0.5, 0.6) is 0 Å². The Labute approximate surface area is 117 Å². The highest BCUT2D eigenvalue weighted by atomic mass is 16.1. The van der Waals surface area contributed by atoms with Crippen LogP contribution in [0.1, 0.15) is 18.5 Å². The molecular weight excluding hydrogens is 248 g/mol. The highest BCUT2D eigenvalue weighted by Gasteiger charge is 2.14. The van der Waals surface area contributed by atoms with Crippen LogP contribution in [0, 0.1) is 0 Å². The van der Waals surface area contributed by atoms with Gasteiger partial charge in [-0.3, -0.25) is 9.36 Å². The third-order valence-electron chi connectivity index (χ3n) is 3.64. The van der Waals surface area contributed by atoms with Crippen LogP contribution >= 0.6 is 0 Å². The highest BCUT2D eigenvalue weighted by Crippen LogP contribution is 2.22. The molecule has 0 saturated carbocycles. The number of hydrogen-bond acceptors (Lipinski definition) is 2. The first-order chi connectivity index (χ1) is 9.68. The first-order valence-electron chi connectivity index (χ1n) is 6.63. The number of rotatable bonds is 2. The van der Waals surface area contributed by atoms with Crippen LogP contribution in [0.4, 0.5) is 5.69 Å². The summed E-state index contributed by atoms with van der Waals surface area (Å²) in [7, 11) is 0. The molecule has 3 aromatic rings. The van der Waals surface area contributed by atoms with Crippen molar-refractivity contribution in [2.24, 2.45) is 0 Å². The van der Waals surface area contributed by atoms with Crippen LogP contribution in [0.2, 0.25) is 0 Å². The fraction of sp³-hybridized carbons (Fsp3) is 0.118. The minimum Gasteiger partial charge on any atom is -0.394 e. The lowest BCUT2D eigenvalue weighted by Gasteiger charge is -2.19. The smallest absolute Gasteiger partial charge is 0.274 e. The van der Waals surface area contributed by atoms with Gasteiger partial charge >= 0.3 is 0 Å². The van der Waals surface area contributed by atoms with Crippen molar-refractivity contribution in [2.45, 2.75) is 13.0 Å². The van der Waals surface area contributed by atoms with Crippen molar-refractivity contribution in [1.82, 2.24) is 4.57 Å². The van der Waals surface area contributed by atoms with E-state index in [2.05, 4.69) is 0 Å². The van der Waals surface area contributed by atoms with Crippen LogP contribution in [-0.4, -0.2) is 4.57 Å². The van der Waals surface area contributed by atoms with E-state index in [1.54, 1.807) is 10.6 Å². The second-order valence-corrected chi connectivity index (χ2v) is 4.92. The van der Waals surface area contributed by atoms with Gasteiger partial charge in [-0.15, -0.1) is 0 Å². The number of hydrogen-bond donors (Lipinski definition) is 1. The number of nitrogen functional groups attached to an aromatic ring is 1. The Morgan fingerprint density at radius 1 is 1.00 bits per heavy atom. The average Bonchev–Trinajstić information content (AvgIpc) is 2.49. The van der Waals surface area contributed by atoms with Gasteiger partial charge in [0.15, 0.2) is 0 Å². The fourth-order valence-corrected chi connectivity index (χ4v) is 2.57. The zero-order valence-corrected chi connectivity index (χ0v) is 11.3. The summed E-state index contributed by atoms with van der Waals surface area (Å²) < 4.78 is 1.76. The molecular formula is C17H16N2O. The van der Waals surface area contributed by atoms with Crippen LogP contribution in [0.25, 0.3) is 10.9 Å². The van der Waals surface area contributed by atoms with Gasteiger partial charge in [-0.25, -0.2) is 0 Å². The molecule has 0 aliphatic rings. The first kappa shape index (κ1) is 12.5. The molecule has 20 heavy (non-hydrogen) atoms. The summed E-state index contributed by atoms with van der Waals surface area (Å²) >= 11 is 0. The summed E-state index contributed by atoms with van der Waals surface area (Å²) in [6.45, 7) is 2.02. The van der Waals surface area contributed by atoms with E-state index in [-0.39, 0.29) is 17.3 Å². The van der Waals surface area contributed by atoms with E-state index in [0.717, 1.165) is 16.5 Å². The number of para-hydroxylation sites is 1. The SMILES string of the molecule is CC(c1ccccc1)n1c(=O)c(N)cc2ccccc21. The molecule has 0 fully saturated rings. The van der Waals surface area contributed by atoms with Crippen molar-refractivity contribution in [3.05, 3.63) is 76.6 Å². The maximum absolute atomic E-state index is 12.4. The predicted molar refractivity (Wildman–Crippen MR) is 82.9 cm³/mol. The van der Waals surface area contributed by atoms with Crippen molar-refractivity contribution in [1.29, 1.82) is 0 Å². The van der Waals surface area contributed by atoms with E-state index in [1.165, 1.54) is 0 Å². The minimum atomic E-state index is -0.139. The Morgan fingerprint density at radius 3 is 2.40 bits per heavy atom. The molecule has 3 rings (SSSR count). The Kier molecular flexibility index (Phi) is 3.03. The quantitative estimate of drug-likeness (QED) is 0.772. The van der Waals surface area contributed by atoms with E-state index in [0.29, 0.717) is 0 Å². The second kappa shape index (κ2) is 4.85. The van der Waals surface area contributed by atoms with Crippen molar-refractivity contribution >= 4 is 16.6 Å². The van der Waals surface area contributed by atoms with E-state index >= 15 is 0 Å². The van der Waals surface area contributed by atoms with Gasteiger partial charge in [0.2, 0.25) is 0 Å². The molecule has 3 heteroatoms. The molecule has 1 atom stereocenters. The number of fused-ring (bicyclic) bond motifs is 1. The van der Waals surface area contributed by atoms with Crippen LogP contribution in [0.15, 0.2) is 65.5 Å². The summed E-state index contributed by atoms with van der Waals surface area (Å²) in [4.78, 5) is 12.4. The minimum absolute atomic E-state index is 0.0582. The van der Waals surface area contributed by atoms with Crippen molar-refractivity contribution in [2.75, 3.05) is 5.73 Å². The highest BCUT2D eigenvalue weighted by molar-refractivity contribution is 5.82. The predicted octanol–water partition coefficient (Wildman–Crippen LogP) is 3.19. The lowest BCUT2D eigenvalue weighted by Crippen LogP contribution is -2.26. The van der Waals surface area contributed by atoms with Gasteiger partial charge in [-0.1, -0.05) is 48.5 Å². The van der Waals surface area contributed by atoms with Gasteiger partial charge in [0.1, 0.15) is 0 Å². The largest absolute Gasteiger partial charge is 0.394 e. The van der Waals surface area contributed by atoms with Gasteiger partial charge in [-0.2, -0.15) is 0 Å². The monoisotopic (exact) mass is 264 g/mol. The number of benzene rings is 2. The van der Waals surface area contributed by atoms with E-state index in [4.69, 9.17) is 5.73 Å². The zero-order valence-electron chi connectivity index (χ0n) is 11.3. The van der Waals surface area contributed by atoms with Gasteiger partial charge in [0.05, 0.1) is 17.2 Å². The molecule has 0 radical (unpaired) electrons. The average molecular weight is 264 g/mol. The molecule has 0 spiro atoms. The normalized spacial score (nSPS) is 12.4. The van der Waals surface area contributed by atoms with Gasteiger partial charge in [-0.05, 0) is 24.6 Å². The topological polar surface area (TPSA) is 48.0 Å². The molecule has 3 nitrogen and oxygen atoms in total. The molecule has 0 saturated heterocycles. The standard InChI is InChI=1S/C17H16N2O/c1-12(13-7-3-2-4-8-13)19-16-10-6-5-9-14(16)11-15(18)17(19)20/h2-12H,18H2,1H3. The molecule has 2 aromatic carbocycles. The van der Waals surface area contributed by atoms with Crippen molar-refractivity contribution in [3.63, 3.8) is 0 Å². The molecule has 1 aromatic heterocycles. The molecule has 100 valence electrons. The van der Waals surface area contributed by atoms with Crippen LogP contribution < -0.4 is 11.3 Å². The Balaban J connectivity index is 2.30. The number of nitrogens with zero attached hydrogens (tertiary/aromatic N) is 1. The first-order valence-corrected chi connectivity index (χ1v) is 6.63. The van der Waals surface area contributed by atoms with Crippen molar-refractivity contribution < 1.29 is 0 Å². The molecule has 1 unspecified atom stereocenters. The van der Waals surface area contributed by atoms with Gasteiger partial charge < -0.3 is 5.73 Å². The fourth-order valence-electron chi connectivity index (χ4n) is 2.57. The van der Waals surface area contributed by atoms with Crippen molar-refractivity contribution in [3.8, 4) is 0 Å². The summed E-state index contributed by atoms with van der Waals surface area (Å²) in [5.41, 5.74) is 8.01. The van der Waals surface area contributed by atoms with Gasteiger partial charge in [0, 0.05) is 5.39 Å². The van der Waals surface area contributed by atoms with Crippen LogP contribution in [0.3, 0.4) is 0 Å². The van der Waals surface area contributed by atoms with E-state index in [1.807, 2.05) is 61.5 Å². The Bertz CT molecular complexity index is 806. The number of pyridine rings is 1. The Morgan fingerprint density at radius 2 is 1.65 bits per heavy atom. The summed E-state index contributed by atoms with van der Waals surface area (Å²) in [5.74, 6) is 0. The molecule has 1 heterocycles.